The number of hydrogen-bond acceptors (Lipinski definition) is 3. The lowest BCUT2D eigenvalue weighted by molar-refractivity contribution is -0.147. The van der Waals surface area contributed by atoms with Crippen LogP contribution < -0.4 is 0 Å². The Balaban J connectivity index is 2.49. The SMILES string of the molecule is CN(Cc1ccsc1)CC(C)(C)C(=O)O. The molecule has 1 heterocycles. The van der Waals surface area contributed by atoms with Crippen LogP contribution in [0.5, 0.6) is 0 Å². The highest BCUT2D eigenvalue weighted by molar-refractivity contribution is 7.07. The van der Waals surface area contributed by atoms with Gasteiger partial charge in [0.1, 0.15) is 0 Å². The van der Waals surface area contributed by atoms with Gasteiger partial charge in [-0.2, -0.15) is 11.3 Å². The van der Waals surface area contributed by atoms with Gasteiger partial charge in [0.05, 0.1) is 5.41 Å². The summed E-state index contributed by atoms with van der Waals surface area (Å²) >= 11 is 1.66. The van der Waals surface area contributed by atoms with Crippen LogP contribution in [0.4, 0.5) is 0 Å². The van der Waals surface area contributed by atoms with E-state index in [1.165, 1.54) is 5.56 Å². The van der Waals surface area contributed by atoms with Crippen LogP contribution in [-0.2, 0) is 11.3 Å². The summed E-state index contributed by atoms with van der Waals surface area (Å²) in [4.78, 5) is 13.0. The predicted octanol–water partition coefficient (Wildman–Crippen LogP) is 2.29. The highest BCUT2D eigenvalue weighted by Crippen LogP contribution is 2.18. The first-order chi connectivity index (χ1) is 6.92. The first-order valence-electron chi connectivity index (χ1n) is 4.85. The largest absolute Gasteiger partial charge is 0.481 e. The fourth-order valence-electron chi connectivity index (χ4n) is 1.49. The summed E-state index contributed by atoms with van der Waals surface area (Å²) in [6, 6.07) is 2.06. The van der Waals surface area contributed by atoms with E-state index in [1.54, 1.807) is 25.2 Å². The number of carbonyl (C=O) groups is 1. The van der Waals surface area contributed by atoms with E-state index in [0.717, 1.165) is 6.54 Å². The van der Waals surface area contributed by atoms with E-state index in [4.69, 9.17) is 5.11 Å². The summed E-state index contributed by atoms with van der Waals surface area (Å²) in [6.45, 7) is 4.86. The lowest BCUT2D eigenvalue weighted by Crippen LogP contribution is -2.36. The van der Waals surface area contributed by atoms with Crippen LogP contribution in [0.25, 0.3) is 0 Å². The molecule has 15 heavy (non-hydrogen) atoms. The Hall–Kier alpha value is -0.870. The van der Waals surface area contributed by atoms with E-state index in [0.29, 0.717) is 6.54 Å². The number of rotatable bonds is 5. The van der Waals surface area contributed by atoms with Crippen molar-refractivity contribution >= 4 is 17.3 Å². The summed E-state index contributed by atoms with van der Waals surface area (Å²) in [5.74, 6) is -0.750. The first-order valence-corrected chi connectivity index (χ1v) is 5.79. The average Bonchev–Trinajstić information content (AvgIpc) is 2.54. The minimum absolute atomic E-state index is 0.554. The molecule has 0 bridgehead atoms. The van der Waals surface area contributed by atoms with Crippen molar-refractivity contribution in [1.82, 2.24) is 4.90 Å². The lowest BCUT2D eigenvalue weighted by atomic mass is 9.93. The predicted molar refractivity (Wildman–Crippen MR) is 62.1 cm³/mol. The molecular formula is C11H17NO2S. The third kappa shape index (κ3) is 3.64. The summed E-state index contributed by atoms with van der Waals surface area (Å²) in [7, 11) is 1.95. The van der Waals surface area contributed by atoms with E-state index < -0.39 is 11.4 Å². The summed E-state index contributed by atoms with van der Waals surface area (Å²) in [5, 5.41) is 13.1. The van der Waals surface area contributed by atoms with E-state index in [-0.39, 0.29) is 0 Å². The maximum Gasteiger partial charge on any atom is 0.310 e. The number of thiophene rings is 1. The molecule has 0 fully saturated rings. The minimum Gasteiger partial charge on any atom is -0.481 e. The van der Waals surface area contributed by atoms with Crippen LogP contribution >= 0.6 is 11.3 Å². The molecule has 4 heteroatoms. The zero-order valence-electron chi connectivity index (χ0n) is 9.36. The molecule has 0 aliphatic rings. The second kappa shape index (κ2) is 4.77. The van der Waals surface area contributed by atoms with Gasteiger partial charge in [0.15, 0.2) is 0 Å². The van der Waals surface area contributed by atoms with E-state index in [9.17, 15) is 4.79 Å². The van der Waals surface area contributed by atoms with E-state index in [1.807, 2.05) is 17.3 Å². The number of carboxylic acids is 1. The first kappa shape index (κ1) is 12.2. The molecule has 1 aromatic heterocycles. The molecule has 0 radical (unpaired) electrons. The number of carboxylic acid groups (broad SMARTS) is 1. The van der Waals surface area contributed by atoms with Gasteiger partial charge in [-0.15, -0.1) is 0 Å². The van der Waals surface area contributed by atoms with Crippen LogP contribution in [0.3, 0.4) is 0 Å². The Kier molecular flexibility index (Phi) is 3.88. The molecule has 0 amide bonds. The highest BCUT2D eigenvalue weighted by Gasteiger charge is 2.28. The molecule has 3 nitrogen and oxygen atoms in total. The maximum absolute atomic E-state index is 10.9. The summed E-state index contributed by atoms with van der Waals surface area (Å²) in [5.41, 5.74) is 0.550. The van der Waals surface area contributed by atoms with Gasteiger partial charge in [0.2, 0.25) is 0 Å². The van der Waals surface area contributed by atoms with Gasteiger partial charge in [-0.1, -0.05) is 0 Å². The third-order valence-electron chi connectivity index (χ3n) is 2.28. The fourth-order valence-corrected chi connectivity index (χ4v) is 2.15. The van der Waals surface area contributed by atoms with Gasteiger partial charge in [0.25, 0.3) is 0 Å². The molecule has 0 aliphatic carbocycles. The monoisotopic (exact) mass is 227 g/mol. The Morgan fingerprint density at radius 3 is 2.73 bits per heavy atom. The van der Waals surface area contributed by atoms with Gasteiger partial charge in [-0.3, -0.25) is 4.79 Å². The highest BCUT2D eigenvalue weighted by atomic mass is 32.1. The molecule has 84 valence electrons. The number of nitrogens with zero attached hydrogens (tertiary/aromatic N) is 1. The number of aliphatic carboxylic acids is 1. The van der Waals surface area contributed by atoms with Gasteiger partial charge in [-0.25, -0.2) is 0 Å². The quantitative estimate of drug-likeness (QED) is 0.839. The van der Waals surface area contributed by atoms with Gasteiger partial charge in [0, 0.05) is 13.1 Å². The van der Waals surface area contributed by atoms with Crippen LogP contribution in [-0.4, -0.2) is 29.6 Å². The van der Waals surface area contributed by atoms with Crippen molar-refractivity contribution in [2.45, 2.75) is 20.4 Å². The van der Waals surface area contributed by atoms with Gasteiger partial charge in [-0.05, 0) is 43.3 Å². The smallest absolute Gasteiger partial charge is 0.310 e. The number of hydrogen-bond donors (Lipinski definition) is 1. The molecule has 1 rings (SSSR count). The average molecular weight is 227 g/mol. The van der Waals surface area contributed by atoms with Crippen molar-refractivity contribution in [1.29, 1.82) is 0 Å². The molecular weight excluding hydrogens is 210 g/mol. The second-order valence-corrected chi connectivity index (χ2v) is 5.27. The summed E-state index contributed by atoms with van der Waals surface area (Å²) in [6.07, 6.45) is 0. The van der Waals surface area contributed by atoms with Crippen molar-refractivity contribution < 1.29 is 9.90 Å². The fraction of sp³-hybridized carbons (Fsp3) is 0.545. The zero-order valence-corrected chi connectivity index (χ0v) is 10.2. The minimum atomic E-state index is -0.750. The molecule has 0 saturated heterocycles. The Bertz CT molecular complexity index is 319. The maximum atomic E-state index is 10.9. The molecule has 1 N–H and O–H groups in total. The second-order valence-electron chi connectivity index (χ2n) is 4.49. The lowest BCUT2D eigenvalue weighted by Gasteiger charge is -2.26. The van der Waals surface area contributed by atoms with Crippen molar-refractivity contribution in [3.8, 4) is 0 Å². The van der Waals surface area contributed by atoms with Crippen molar-refractivity contribution in [2.24, 2.45) is 5.41 Å². The van der Waals surface area contributed by atoms with E-state index in [2.05, 4.69) is 11.4 Å². The summed E-state index contributed by atoms with van der Waals surface area (Å²) < 4.78 is 0. The van der Waals surface area contributed by atoms with Crippen LogP contribution in [0.15, 0.2) is 16.8 Å². The molecule has 0 aliphatic heterocycles. The normalized spacial score (nSPS) is 12.0. The Morgan fingerprint density at radius 2 is 2.27 bits per heavy atom. The molecule has 0 saturated carbocycles. The Labute approximate surface area is 94.3 Å². The van der Waals surface area contributed by atoms with Crippen LogP contribution in [0, 0.1) is 5.41 Å². The van der Waals surface area contributed by atoms with Crippen molar-refractivity contribution in [2.75, 3.05) is 13.6 Å². The molecule has 0 unspecified atom stereocenters. The van der Waals surface area contributed by atoms with Crippen molar-refractivity contribution in [3.63, 3.8) is 0 Å². The van der Waals surface area contributed by atoms with Gasteiger partial charge < -0.3 is 10.0 Å². The Morgan fingerprint density at radius 1 is 1.60 bits per heavy atom. The third-order valence-corrected chi connectivity index (χ3v) is 3.01. The van der Waals surface area contributed by atoms with Gasteiger partial charge >= 0.3 is 5.97 Å². The zero-order chi connectivity index (χ0) is 11.5. The standard InChI is InChI=1S/C11H17NO2S/c1-11(2,10(13)14)8-12(3)6-9-4-5-15-7-9/h4-5,7H,6,8H2,1-3H3,(H,13,14). The van der Waals surface area contributed by atoms with E-state index >= 15 is 0 Å². The molecule has 0 aromatic carbocycles. The van der Waals surface area contributed by atoms with Crippen molar-refractivity contribution in [3.05, 3.63) is 22.4 Å². The molecule has 0 spiro atoms. The molecule has 1 aromatic rings. The van der Waals surface area contributed by atoms with Crippen LogP contribution in [0.1, 0.15) is 19.4 Å². The molecule has 0 atom stereocenters. The topological polar surface area (TPSA) is 40.5 Å². The van der Waals surface area contributed by atoms with Crippen LogP contribution in [0.2, 0.25) is 0 Å².